The van der Waals surface area contributed by atoms with Crippen LogP contribution in [0.25, 0.3) is 0 Å². The molecule has 1 rings (SSSR count). The molecule has 0 aromatic heterocycles. The van der Waals surface area contributed by atoms with Crippen molar-refractivity contribution in [3.05, 3.63) is 36.6 Å². The summed E-state index contributed by atoms with van der Waals surface area (Å²) in [6.45, 7) is 22.7. The SMILES string of the molecule is C=C/C=C(/C(=C)NCC(CC)CCCC)C1CCN(CCC)CC1.C=NCl.CN. The maximum Gasteiger partial charge on any atom is 0.0358 e. The molecule has 1 aliphatic rings. The Labute approximate surface area is 186 Å². The molecule has 170 valence electrons. The number of halogens is 1. The fraction of sp³-hybridized carbons (Fsp3) is 0.708. The monoisotopic (exact) mass is 426 g/mol. The molecule has 3 N–H and O–H groups in total. The molecule has 4 nitrogen and oxygen atoms in total. The average Bonchev–Trinajstić information content (AvgIpc) is 2.75. The summed E-state index contributed by atoms with van der Waals surface area (Å²) in [6.07, 6.45) is 13.0. The van der Waals surface area contributed by atoms with Crippen molar-refractivity contribution in [1.29, 1.82) is 0 Å². The number of unbranched alkanes of at least 4 members (excludes halogenated alkanes) is 1. The van der Waals surface area contributed by atoms with Crippen LogP contribution in [0.3, 0.4) is 0 Å². The van der Waals surface area contributed by atoms with Gasteiger partial charge in [-0.1, -0.05) is 65.3 Å². The van der Waals surface area contributed by atoms with Gasteiger partial charge in [0, 0.05) is 30.7 Å². The summed E-state index contributed by atoms with van der Waals surface area (Å²) in [6, 6.07) is 0. The lowest BCUT2D eigenvalue weighted by molar-refractivity contribution is 0.199. The van der Waals surface area contributed by atoms with Crippen LogP contribution in [0.1, 0.15) is 65.7 Å². The van der Waals surface area contributed by atoms with Crippen LogP contribution in [0.5, 0.6) is 0 Å². The molecular formula is C24H47ClN4. The summed E-state index contributed by atoms with van der Waals surface area (Å²) in [5.74, 6) is 1.39. The normalized spacial score (nSPS) is 15.9. The van der Waals surface area contributed by atoms with Crippen molar-refractivity contribution in [2.75, 3.05) is 33.2 Å². The summed E-state index contributed by atoms with van der Waals surface area (Å²) >= 11 is 4.51. The van der Waals surface area contributed by atoms with Crippen molar-refractivity contribution in [1.82, 2.24) is 10.2 Å². The number of nitrogens with one attached hydrogen (secondary N) is 1. The van der Waals surface area contributed by atoms with Crippen LogP contribution in [0.15, 0.2) is 41.1 Å². The number of allylic oxidation sites excluding steroid dienone is 3. The Bertz CT molecular complexity index is 440. The molecule has 0 aromatic carbocycles. The minimum atomic E-state index is 0.631. The van der Waals surface area contributed by atoms with Gasteiger partial charge in [0.25, 0.3) is 0 Å². The van der Waals surface area contributed by atoms with Crippen molar-refractivity contribution in [3.8, 4) is 0 Å². The molecule has 1 unspecified atom stereocenters. The molecule has 0 bridgehead atoms. The van der Waals surface area contributed by atoms with E-state index in [1.165, 1.54) is 77.2 Å². The Morgan fingerprint density at radius 3 is 2.28 bits per heavy atom. The van der Waals surface area contributed by atoms with Crippen molar-refractivity contribution >= 4 is 18.5 Å². The third kappa shape index (κ3) is 14.5. The van der Waals surface area contributed by atoms with Gasteiger partial charge in [-0.05, 0) is 69.8 Å². The van der Waals surface area contributed by atoms with Crippen LogP contribution in [-0.2, 0) is 0 Å². The fourth-order valence-electron chi connectivity index (χ4n) is 3.71. The lowest BCUT2D eigenvalue weighted by Crippen LogP contribution is -2.35. The Hall–Kier alpha value is -1.10. The largest absolute Gasteiger partial charge is 0.385 e. The Balaban J connectivity index is 0. The van der Waals surface area contributed by atoms with Gasteiger partial charge in [0.1, 0.15) is 0 Å². The Kier molecular flexibility index (Phi) is 22.4. The maximum absolute atomic E-state index is 4.51. The van der Waals surface area contributed by atoms with E-state index in [1.807, 2.05) is 6.08 Å². The first-order chi connectivity index (χ1) is 14.1. The summed E-state index contributed by atoms with van der Waals surface area (Å²) in [7, 11) is 1.50. The Morgan fingerprint density at radius 2 is 1.83 bits per heavy atom. The number of likely N-dealkylation sites (tertiary alicyclic amines) is 1. The van der Waals surface area contributed by atoms with E-state index >= 15 is 0 Å². The van der Waals surface area contributed by atoms with Crippen LogP contribution >= 0.6 is 11.8 Å². The second kappa shape index (κ2) is 21.6. The topological polar surface area (TPSA) is 53.6 Å². The highest BCUT2D eigenvalue weighted by atomic mass is 35.5. The van der Waals surface area contributed by atoms with Gasteiger partial charge in [-0.15, -0.1) is 0 Å². The highest BCUT2D eigenvalue weighted by Crippen LogP contribution is 2.28. The molecule has 5 heteroatoms. The standard InChI is InChI=1S/C22H40N2.CH2ClN.CH5N/c1-6-10-12-20(9-4)18-23-19(5)22(11-7-2)21-13-16-24(15-8-3)17-14-21;1-3-2;1-2/h7,11,20-21,23H,2,5-6,8-10,12-18H2,1,3-4H3;1H2;2H2,1H3/b22-11-;;. The predicted octanol–water partition coefficient (Wildman–Crippen LogP) is 5.96. The zero-order chi connectivity index (χ0) is 22.5. The second-order valence-corrected chi connectivity index (χ2v) is 7.61. The lowest BCUT2D eigenvalue weighted by atomic mass is 9.87. The van der Waals surface area contributed by atoms with Crippen molar-refractivity contribution in [3.63, 3.8) is 0 Å². The molecule has 0 spiro atoms. The van der Waals surface area contributed by atoms with Gasteiger partial charge >= 0.3 is 0 Å². The van der Waals surface area contributed by atoms with Gasteiger partial charge in [-0.25, -0.2) is 0 Å². The molecule has 0 amide bonds. The second-order valence-electron chi connectivity index (χ2n) is 7.37. The van der Waals surface area contributed by atoms with Crippen molar-refractivity contribution < 1.29 is 0 Å². The average molecular weight is 427 g/mol. The summed E-state index contributed by atoms with van der Waals surface area (Å²) in [4.78, 5) is 2.59. The molecule has 0 radical (unpaired) electrons. The number of nitrogens with zero attached hydrogens (tertiary/aromatic N) is 2. The summed E-state index contributed by atoms with van der Waals surface area (Å²) in [5, 5.41) is 3.64. The van der Waals surface area contributed by atoms with Gasteiger partial charge in [0.2, 0.25) is 0 Å². The van der Waals surface area contributed by atoms with Crippen molar-refractivity contribution in [2.24, 2.45) is 22.1 Å². The molecule has 1 aliphatic heterocycles. The molecule has 1 atom stereocenters. The maximum atomic E-state index is 4.51. The fourth-order valence-corrected chi connectivity index (χ4v) is 3.71. The molecule has 0 aromatic rings. The molecule has 0 aliphatic carbocycles. The van der Waals surface area contributed by atoms with E-state index in [0.717, 1.165) is 18.2 Å². The highest BCUT2D eigenvalue weighted by molar-refractivity contribution is 6.16. The van der Waals surface area contributed by atoms with Gasteiger partial charge in [-0.2, -0.15) is 4.51 Å². The number of hydrogen-bond acceptors (Lipinski definition) is 4. The van der Waals surface area contributed by atoms with Gasteiger partial charge in [0.05, 0.1) is 0 Å². The third-order valence-corrected chi connectivity index (χ3v) is 5.36. The van der Waals surface area contributed by atoms with Crippen LogP contribution in [0.2, 0.25) is 0 Å². The van der Waals surface area contributed by atoms with E-state index in [4.69, 9.17) is 0 Å². The number of nitrogens with two attached hydrogens (primary N) is 1. The van der Waals surface area contributed by atoms with E-state index < -0.39 is 0 Å². The van der Waals surface area contributed by atoms with E-state index in [9.17, 15) is 0 Å². The van der Waals surface area contributed by atoms with E-state index in [-0.39, 0.29) is 0 Å². The van der Waals surface area contributed by atoms with Crippen LogP contribution in [0, 0.1) is 11.8 Å². The molecular weight excluding hydrogens is 380 g/mol. The molecule has 29 heavy (non-hydrogen) atoms. The van der Waals surface area contributed by atoms with E-state index in [0.29, 0.717) is 5.92 Å². The molecule has 1 saturated heterocycles. The summed E-state index contributed by atoms with van der Waals surface area (Å²) < 4.78 is 2.72. The van der Waals surface area contributed by atoms with Gasteiger partial charge in [0.15, 0.2) is 0 Å². The zero-order valence-corrected chi connectivity index (χ0v) is 20.3. The first-order valence-corrected chi connectivity index (χ1v) is 11.5. The first-order valence-electron chi connectivity index (χ1n) is 11.2. The molecule has 0 saturated carbocycles. The van der Waals surface area contributed by atoms with Gasteiger partial charge < -0.3 is 16.0 Å². The van der Waals surface area contributed by atoms with Gasteiger partial charge in [-0.3, -0.25) is 0 Å². The quantitative estimate of drug-likeness (QED) is 0.299. The van der Waals surface area contributed by atoms with Crippen molar-refractivity contribution in [2.45, 2.75) is 65.7 Å². The predicted molar refractivity (Wildman–Crippen MR) is 134 cm³/mol. The third-order valence-electron chi connectivity index (χ3n) is 5.36. The zero-order valence-electron chi connectivity index (χ0n) is 19.6. The Morgan fingerprint density at radius 1 is 1.24 bits per heavy atom. The van der Waals surface area contributed by atoms with E-state index in [2.05, 4.69) is 79.0 Å². The lowest BCUT2D eigenvalue weighted by Gasteiger charge is -2.34. The van der Waals surface area contributed by atoms with E-state index in [1.54, 1.807) is 0 Å². The van der Waals surface area contributed by atoms with Crippen LogP contribution < -0.4 is 11.1 Å². The minimum absolute atomic E-state index is 0.631. The first kappa shape index (κ1) is 30.1. The highest BCUT2D eigenvalue weighted by Gasteiger charge is 2.23. The minimum Gasteiger partial charge on any atom is -0.385 e. The molecule has 1 fully saturated rings. The number of rotatable bonds is 12. The smallest absolute Gasteiger partial charge is 0.0358 e. The summed E-state index contributed by atoms with van der Waals surface area (Å²) in [5.41, 5.74) is 7.00. The molecule has 1 heterocycles. The van der Waals surface area contributed by atoms with Crippen LogP contribution in [0.4, 0.5) is 0 Å². The number of piperidine rings is 1. The van der Waals surface area contributed by atoms with Crippen LogP contribution in [-0.4, -0.2) is 44.8 Å². The number of hydrogen-bond donors (Lipinski definition) is 2.